The fraction of sp³-hybridized carbons (Fsp3) is 0.684. The van der Waals surface area contributed by atoms with E-state index in [1.807, 2.05) is 0 Å². The zero-order valence-electron chi connectivity index (χ0n) is 19.4. The van der Waals surface area contributed by atoms with Crippen LogP contribution in [0.4, 0.5) is 75.2 Å². The van der Waals surface area contributed by atoms with Gasteiger partial charge in [0.05, 0.1) is 5.56 Å². The van der Waals surface area contributed by atoms with Crippen LogP contribution in [-0.2, 0) is 17.6 Å². The molecule has 1 unspecified atom stereocenters. The van der Waals surface area contributed by atoms with Crippen molar-refractivity contribution in [1.29, 1.82) is 0 Å². The first kappa shape index (κ1) is 35.0. The number of amides is 2. The van der Waals surface area contributed by atoms with E-state index in [-0.39, 0.29) is 40.5 Å². The highest BCUT2D eigenvalue weighted by molar-refractivity contribution is 7.17. The summed E-state index contributed by atoms with van der Waals surface area (Å²) in [6.07, 6.45) is 0.454. The van der Waals surface area contributed by atoms with E-state index in [1.54, 1.807) is 6.92 Å². The molecular formula is C19H13ClF16N2O2S. The molecule has 22 heteroatoms. The molecule has 0 spiro atoms. The van der Waals surface area contributed by atoms with Gasteiger partial charge in [-0.1, -0.05) is 6.92 Å². The lowest BCUT2D eigenvalue weighted by Gasteiger charge is -2.42. The number of thiophene rings is 1. The van der Waals surface area contributed by atoms with Crippen LogP contribution >= 0.6 is 22.9 Å². The number of nitrogens with two attached hydrogens (primary N) is 1. The lowest BCUT2D eigenvalue weighted by molar-refractivity contribution is -0.445. The minimum Gasteiger partial charge on any atom is -0.365 e. The number of anilines is 1. The molecular weight excluding hydrogens is 660 g/mol. The van der Waals surface area contributed by atoms with Crippen LogP contribution in [-0.4, -0.2) is 58.7 Å². The summed E-state index contributed by atoms with van der Waals surface area (Å²) < 4.78 is 218. The molecule has 1 aromatic rings. The summed E-state index contributed by atoms with van der Waals surface area (Å²) in [5.41, 5.74) is 4.29. The fourth-order valence-corrected chi connectivity index (χ4v) is 5.12. The summed E-state index contributed by atoms with van der Waals surface area (Å²) in [6.45, 7) is 1.66. The number of alkyl halides is 17. The van der Waals surface area contributed by atoms with Crippen molar-refractivity contribution in [2.75, 3.05) is 5.32 Å². The number of primary amides is 1. The molecule has 1 aromatic heterocycles. The largest absolute Gasteiger partial charge is 0.393 e. The molecule has 4 nitrogen and oxygen atoms in total. The predicted octanol–water partition coefficient (Wildman–Crippen LogP) is 7.19. The van der Waals surface area contributed by atoms with Crippen LogP contribution in [0.5, 0.6) is 0 Å². The lowest BCUT2D eigenvalue weighted by atomic mass is 9.88. The third kappa shape index (κ3) is 4.87. The lowest BCUT2D eigenvalue weighted by Crippen LogP contribution is -2.75. The van der Waals surface area contributed by atoms with Crippen molar-refractivity contribution in [2.45, 2.75) is 73.0 Å². The number of carbonyl (C=O) groups excluding carboxylic acids is 2. The molecule has 0 bridgehead atoms. The molecule has 0 aliphatic heterocycles. The van der Waals surface area contributed by atoms with Gasteiger partial charge >= 0.3 is 52.7 Å². The summed E-state index contributed by atoms with van der Waals surface area (Å²) in [5.74, 6) is -62.8. The molecule has 236 valence electrons. The quantitative estimate of drug-likeness (QED) is 0.204. The van der Waals surface area contributed by atoms with Gasteiger partial charge in [-0.15, -0.1) is 11.3 Å². The van der Waals surface area contributed by atoms with Crippen LogP contribution in [0.3, 0.4) is 0 Å². The number of rotatable bonds is 10. The highest BCUT2D eigenvalue weighted by atomic mass is 35.5. The van der Waals surface area contributed by atoms with E-state index in [9.17, 15) is 79.8 Å². The summed E-state index contributed by atoms with van der Waals surface area (Å²) in [5, 5.41) is -7.14. The number of nitrogens with one attached hydrogen (secondary N) is 1. The van der Waals surface area contributed by atoms with Crippen molar-refractivity contribution in [1.82, 2.24) is 0 Å². The third-order valence-corrected chi connectivity index (χ3v) is 7.40. The first-order chi connectivity index (χ1) is 17.9. The van der Waals surface area contributed by atoms with Crippen LogP contribution in [0, 0.1) is 5.92 Å². The summed E-state index contributed by atoms with van der Waals surface area (Å²) in [4.78, 5) is 23.8. The number of fused-ring (bicyclic) bond motifs is 1. The Labute approximate surface area is 226 Å². The van der Waals surface area contributed by atoms with Gasteiger partial charge in [0, 0.05) is 4.88 Å². The van der Waals surface area contributed by atoms with Crippen molar-refractivity contribution in [3.8, 4) is 0 Å². The number of hydrogen-bond acceptors (Lipinski definition) is 3. The molecule has 1 atom stereocenters. The van der Waals surface area contributed by atoms with Gasteiger partial charge in [0.1, 0.15) is 5.00 Å². The minimum atomic E-state index is -8.70. The number of carbonyl (C=O) groups is 2. The van der Waals surface area contributed by atoms with Crippen LogP contribution in [0.15, 0.2) is 0 Å². The molecule has 41 heavy (non-hydrogen) atoms. The Kier molecular flexibility index (Phi) is 8.48. The van der Waals surface area contributed by atoms with E-state index < -0.39 is 69.2 Å². The third-order valence-electron chi connectivity index (χ3n) is 5.99. The van der Waals surface area contributed by atoms with Crippen LogP contribution < -0.4 is 11.1 Å². The van der Waals surface area contributed by atoms with Crippen molar-refractivity contribution in [3.05, 3.63) is 16.0 Å². The molecule has 1 aliphatic carbocycles. The average Bonchev–Trinajstić information content (AvgIpc) is 3.14. The SMILES string of the molecule is CC1CCc2c(sc(NC(=O)C(F)(F)C(F)(F)C(F)(F)C(F)(F)C(F)(F)C(F)(F)C(F)(F)C(F)(F)Cl)c2C(N)=O)C1. The van der Waals surface area contributed by atoms with Gasteiger partial charge in [-0.3, -0.25) is 9.59 Å². The Balaban J connectivity index is 2.57. The van der Waals surface area contributed by atoms with Gasteiger partial charge in [-0.05, 0) is 42.3 Å². The molecule has 3 N–H and O–H groups in total. The molecule has 0 fully saturated rings. The van der Waals surface area contributed by atoms with Crippen molar-refractivity contribution in [3.63, 3.8) is 0 Å². The van der Waals surface area contributed by atoms with E-state index in [0.29, 0.717) is 6.42 Å². The Morgan fingerprint density at radius 2 is 1.20 bits per heavy atom. The van der Waals surface area contributed by atoms with Gasteiger partial charge < -0.3 is 11.1 Å². The predicted molar refractivity (Wildman–Crippen MR) is 108 cm³/mol. The van der Waals surface area contributed by atoms with E-state index in [2.05, 4.69) is 11.6 Å². The minimum absolute atomic E-state index is 0.00721. The molecule has 2 rings (SSSR count). The van der Waals surface area contributed by atoms with Crippen LogP contribution in [0.1, 0.15) is 34.1 Å². The second kappa shape index (κ2) is 9.94. The maximum absolute atomic E-state index is 14.3. The van der Waals surface area contributed by atoms with E-state index in [4.69, 9.17) is 5.73 Å². The molecule has 0 saturated carbocycles. The smallest absolute Gasteiger partial charge is 0.365 e. The van der Waals surface area contributed by atoms with E-state index in [1.165, 1.54) is 0 Å². The second-order valence-electron chi connectivity index (χ2n) is 8.89. The number of hydrogen-bond donors (Lipinski definition) is 2. The molecule has 2 amide bonds. The van der Waals surface area contributed by atoms with Crippen molar-refractivity contribution >= 4 is 39.8 Å². The maximum Gasteiger partial charge on any atom is 0.393 e. The van der Waals surface area contributed by atoms with E-state index in [0.717, 1.165) is 5.32 Å². The van der Waals surface area contributed by atoms with Gasteiger partial charge in [-0.2, -0.15) is 70.2 Å². The first-order valence-corrected chi connectivity index (χ1v) is 11.6. The topological polar surface area (TPSA) is 72.2 Å². The van der Waals surface area contributed by atoms with Crippen LogP contribution in [0.2, 0.25) is 0 Å². The van der Waals surface area contributed by atoms with Gasteiger partial charge in [0.15, 0.2) is 0 Å². The Hall–Kier alpha value is -2.19. The Morgan fingerprint density at radius 3 is 1.61 bits per heavy atom. The van der Waals surface area contributed by atoms with Crippen LogP contribution in [0.25, 0.3) is 0 Å². The second-order valence-corrected chi connectivity index (χ2v) is 10.5. The summed E-state index contributed by atoms with van der Waals surface area (Å²) in [6, 6.07) is 0. The molecule has 0 radical (unpaired) electrons. The standard InChI is InChI=1S/C19H13ClF16N2O2S/c1-5-2-3-6-7(4-5)41-10(8(6)9(37)39)38-11(40)12(21,22)13(23,24)14(25,26)15(27,28)16(29,30)17(31,32)18(33,34)19(20,35)36/h5H,2-4H2,1H3,(H2,37,39)(H,38,40). The normalized spacial score (nSPS) is 18.2. The van der Waals surface area contributed by atoms with E-state index >= 15 is 0 Å². The zero-order chi connectivity index (χ0) is 32.6. The number of halogens is 17. The van der Waals surface area contributed by atoms with Crippen molar-refractivity contribution in [2.24, 2.45) is 11.7 Å². The maximum atomic E-state index is 14.3. The first-order valence-electron chi connectivity index (χ1n) is 10.4. The molecule has 1 heterocycles. The Morgan fingerprint density at radius 1 is 0.780 bits per heavy atom. The van der Waals surface area contributed by atoms with Gasteiger partial charge in [0.25, 0.3) is 5.91 Å². The van der Waals surface area contributed by atoms with Gasteiger partial charge in [-0.25, -0.2) is 0 Å². The zero-order valence-corrected chi connectivity index (χ0v) is 21.0. The Bertz CT molecular complexity index is 1210. The summed E-state index contributed by atoms with van der Waals surface area (Å²) >= 11 is 3.70. The van der Waals surface area contributed by atoms with Gasteiger partial charge in [0.2, 0.25) is 0 Å². The molecule has 0 aromatic carbocycles. The summed E-state index contributed by atoms with van der Waals surface area (Å²) in [7, 11) is 0. The molecule has 1 aliphatic rings. The monoisotopic (exact) mass is 672 g/mol. The average molecular weight is 673 g/mol. The highest BCUT2D eigenvalue weighted by Crippen LogP contribution is 2.64. The molecule has 0 saturated heterocycles. The van der Waals surface area contributed by atoms with Crippen molar-refractivity contribution < 1.29 is 79.8 Å². The highest BCUT2D eigenvalue weighted by Gasteiger charge is 2.95. The fourth-order valence-electron chi connectivity index (χ4n) is 3.59.